The molecule has 0 bridgehead atoms. The van der Waals surface area contributed by atoms with E-state index in [-0.39, 0.29) is 17.2 Å². The van der Waals surface area contributed by atoms with E-state index in [9.17, 15) is 9.90 Å². The standard InChI is InChI=1S/C14H20ClNO4/c1-19-8-9-20-7-3-2-6-16-14(18)12-10-11(17)4-5-13(12)15/h4-5,10,17H,2-3,6-9H2,1H3,(H,16,18). The number of hydrogen-bond acceptors (Lipinski definition) is 4. The number of carbonyl (C=O) groups excluding carboxylic acids is 1. The molecule has 0 aliphatic rings. The van der Waals surface area contributed by atoms with Crippen LogP contribution in [0.25, 0.3) is 0 Å². The van der Waals surface area contributed by atoms with Gasteiger partial charge in [0.2, 0.25) is 0 Å². The van der Waals surface area contributed by atoms with Crippen LogP contribution in [0.1, 0.15) is 23.2 Å². The molecule has 0 fully saturated rings. The quantitative estimate of drug-likeness (QED) is 0.686. The van der Waals surface area contributed by atoms with Crippen LogP contribution in [0.5, 0.6) is 5.75 Å². The van der Waals surface area contributed by atoms with Gasteiger partial charge in [0.05, 0.1) is 23.8 Å². The molecule has 2 N–H and O–H groups in total. The number of nitrogens with one attached hydrogen (secondary N) is 1. The predicted octanol–water partition coefficient (Wildman–Crippen LogP) is 2.22. The predicted molar refractivity (Wildman–Crippen MR) is 77.4 cm³/mol. The summed E-state index contributed by atoms with van der Waals surface area (Å²) < 4.78 is 10.2. The molecule has 0 aliphatic heterocycles. The van der Waals surface area contributed by atoms with Crippen molar-refractivity contribution >= 4 is 17.5 Å². The average Bonchev–Trinajstić information content (AvgIpc) is 2.44. The fraction of sp³-hybridized carbons (Fsp3) is 0.500. The number of rotatable bonds is 9. The van der Waals surface area contributed by atoms with E-state index in [2.05, 4.69) is 5.32 Å². The first kappa shape index (κ1) is 16.8. The second kappa shape index (κ2) is 9.58. The van der Waals surface area contributed by atoms with Gasteiger partial charge in [-0.15, -0.1) is 0 Å². The van der Waals surface area contributed by atoms with E-state index in [0.717, 1.165) is 12.8 Å². The second-order valence-electron chi connectivity index (χ2n) is 4.23. The molecular weight excluding hydrogens is 282 g/mol. The van der Waals surface area contributed by atoms with E-state index in [1.807, 2.05) is 0 Å². The normalized spacial score (nSPS) is 10.5. The summed E-state index contributed by atoms with van der Waals surface area (Å²) in [6.45, 7) is 2.36. The molecule has 112 valence electrons. The van der Waals surface area contributed by atoms with E-state index in [0.29, 0.717) is 31.4 Å². The summed E-state index contributed by atoms with van der Waals surface area (Å²) in [5.74, 6) is -0.266. The molecule has 1 amide bonds. The summed E-state index contributed by atoms with van der Waals surface area (Å²) in [6, 6.07) is 4.29. The minimum atomic E-state index is -0.286. The van der Waals surface area contributed by atoms with Gasteiger partial charge in [-0.2, -0.15) is 0 Å². The molecule has 0 aromatic heterocycles. The number of halogens is 1. The first-order chi connectivity index (χ1) is 9.65. The van der Waals surface area contributed by atoms with Crippen LogP contribution in [0.4, 0.5) is 0 Å². The van der Waals surface area contributed by atoms with Crippen LogP contribution < -0.4 is 5.32 Å². The van der Waals surface area contributed by atoms with Gasteiger partial charge in [0, 0.05) is 20.3 Å². The smallest absolute Gasteiger partial charge is 0.252 e. The number of benzene rings is 1. The van der Waals surface area contributed by atoms with Gasteiger partial charge in [-0.05, 0) is 31.0 Å². The first-order valence-electron chi connectivity index (χ1n) is 6.48. The highest BCUT2D eigenvalue weighted by Gasteiger charge is 2.10. The molecule has 20 heavy (non-hydrogen) atoms. The molecule has 0 heterocycles. The SMILES string of the molecule is COCCOCCCCNC(=O)c1cc(O)ccc1Cl. The van der Waals surface area contributed by atoms with Crippen LogP contribution in [0, 0.1) is 0 Å². The Morgan fingerprint density at radius 2 is 2.10 bits per heavy atom. The van der Waals surface area contributed by atoms with E-state index >= 15 is 0 Å². The van der Waals surface area contributed by atoms with E-state index in [1.54, 1.807) is 7.11 Å². The third-order valence-corrected chi connectivity index (χ3v) is 2.96. The Hall–Kier alpha value is -1.30. The molecule has 0 saturated carbocycles. The van der Waals surface area contributed by atoms with Crippen molar-refractivity contribution in [1.29, 1.82) is 0 Å². The number of unbranched alkanes of at least 4 members (excludes halogenated alkanes) is 1. The molecule has 6 heteroatoms. The Morgan fingerprint density at radius 1 is 1.30 bits per heavy atom. The summed E-state index contributed by atoms with van der Waals surface area (Å²) in [5.41, 5.74) is 0.281. The maximum absolute atomic E-state index is 11.8. The highest BCUT2D eigenvalue weighted by atomic mass is 35.5. The lowest BCUT2D eigenvalue weighted by molar-refractivity contribution is 0.0686. The van der Waals surface area contributed by atoms with Crippen molar-refractivity contribution in [3.63, 3.8) is 0 Å². The van der Waals surface area contributed by atoms with Gasteiger partial charge in [-0.1, -0.05) is 11.6 Å². The summed E-state index contributed by atoms with van der Waals surface area (Å²) in [4.78, 5) is 11.8. The largest absolute Gasteiger partial charge is 0.508 e. The van der Waals surface area contributed by atoms with E-state index < -0.39 is 0 Å². The summed E-state index contributed by atoms with van der Waals surface area (Å²) in [5, 5.41) is 12.4. The molecule has 0 unspecified atom stereocenters. The van der Waals surface area contributed by atoms with Gasteiger partial charge in [0.1, 0.15) is 5.75 Å². The Balaban J connectivity index is 2.18. The molecule has 0 atom stereocenters. The minimum absolute atomic E-state index is 0.0195. The van der Waals surface area contributed by atoms with E-state index in [1.165, 1.54) is 18.2 Å². The molecule has 0 aliphatic carbocycles. The van der Waals surface area contributed by atoms with E-state index in [4.69, 9.17) is 21.1 Å². The van der Waals surface area contributed by atoms with Crippen LogP contribution in [-0.2, 0) is 9.47 Å². The number of aromatic hydroxyl groups is 1. The van der Waals surface area contributed by atoms with Gasteiger partial charge in [0.15, 0.2) is 0 Å². The fourth-order valence-corrected chi connectivity index (χ4v) is 1.76. The molecule has 1 rings (SSSR count). The number of ether oxygens (including phenoxy) is 2. The number of phenolic OH excluding ortho intramolecular Hbond substituents is 1. The zero-order valence-corrected chi connectivity index (χ0v) is 12.3. The summed E-state index contributed by atoms with van der Waals surface area (Å²) in [7, 11) is 1.63. The number of amides is 1. The van der Waals surface area contributed by atoms with Crippen molar-refractivity contribution in [2.45, 2.75) is 12.8 Å². The van der Waals surface area contributed by atoms with Gasteiger partial charge in [0.25, 0.3) is 5.91 Å². The maximum Gasteiger partial charge on any atom is 0.252 e. The van der Waals surface area contributed by atoms with Crippen molar-refractivity contribution in [3.8, 4) is 5.75 Å². The Kier molecular flexibility index (Phi) is 8.02. The van der Waals surface area contributed by atoms with Crippen LogP contribution in [0.15, 0.2) is 18.2 Å². The maximum atomic E-state index is 11.8. The Bertz CT molecular complexity index is 426. The Morgan fingerprint density at radius 3 is 2.85 bits per heavy atom. The van der Waals surface area contributed by atoms with Crippen molar-refractivity contribution in [3.05, 3.63) is 28.8 Å². The van der Waals surface area contributed by atoms with Gasteiger partial charge in [-0.25, -0.2) is 0 Å². The monoisotopic (exact) mass is 301 g/mol. The lowest BCUT2D eigenvalue weighted by atomic mass is 10.2. The highest BCUT2D eigenvalue weighted by Crippen LogP contribution is 2.20. The van der Waals surface area contributed by atoms with Crippen LogP contribution >= 0.6 is 11.6 Å². The average molecular weight is 302 g/mol. The van der Waals surface area contributed by atoms with Crippen molar-refractivity contribution in [1.82, 2.24) is 5.32 Å². The van der Waals surface area contributed by atoms with Crippen LogP contribution in [0.3, 0.4) is 0 Å². The molecule has 5 nitrogen and oxygen atoms in total. The molecule has 1 aromatic carbocycles. The first-order valence-corrected chi connectivity index (χ1v) is 6.86. The molecule has 0 spiro atoms. The van der Waals surface area contributed by atoms with Gasteiger partial charge in [-0.3, -0.25) is 4.79 Å². The number of methoxy groups -OCH3 is 1. The van der Waals surface area contributed by atoms with Gasteiger partial charge >= 0.3 is 0 Å². The van der Waals surface area contributed by atoms with Gasteiger partial charge < -0.3 is 19.9 Å². The number of carbonyl (C=O) groups is 1. The zero-order valence-electron chi connectivity index (χ0n) is 11.5. The minimum Gasteiger partial charge on any atom is -0.508 e. The molecule has 1 aromatic rings. The second-order valence-corrected chi connectivity index (χ2v) is 4.64. The van der Waals surface area contributed by atoms with Crippen molar-refractivity contribution < 1.29 is 19.4 Å². The summed E-state index contributed by atoms with van der Waals surface area (Å²) in [6.07, 6.45) is 1.67. The van der Waals surface area contributed by atoms with Crippen molar-refractivity contribution in [2.24, 2.45) is 0 Å². The topological polar surface area (TPSA) is 67.8 Å². The highest BCUT2D eigenvalue weighted by molar-refractivity contribution is 6.33. The van der Waals surface area contributed by atoms with Crippen LogP contribution in [0.2, 0.25) is 5.02 Å². The lowest BCUT2D eigenvalue weighted by Crippen LogP contribution is -2.25. The summed E-state index contributed by atoms with van der Waals surface area (Å²) >= 11 is 5.90. The molecule has 0 radical (unpaired) electrons. The third-order valence-electron chi connectivity index (χ3n) is 2.63. The number of hydrogen-bond donors (Lipinski definition) is 2. The lowest BCUT2D eigenvalue weighted by Gasteiger charge is -2.07. The fourth-order valence-electron chi connectivity index (χ4n) is 1.56. The van der Waals surface area contributed by atoms with Crippen LogP contribution in [-0.4, -0.2) is 44.5 Å². The number of phenols is 1. The molecular formula is C14H20ClNO4. The Labute approximate surface area is 123 Å². The zero-order chi connectivity index (χ0) is 14.8. The molecule has 0 saturated heterocycles. The van der Waals surface area contributed by atoms with Crippen molar-refractivity contribution in [2.75, 3.05) is 33.5 Å². The third kappa shape index (κ3) is 6.23.